The first-order valence-corrected chi connectivity index (χ1v) is 10.6. The number of halogens is 1. The molecule has 0 bridgehead atoms. The lowest BCUT2D eigenvalue weighted by Crippen LogP contribution is -2.48. The number of hydrogen-bond acceptors (Lipinski definition) is 5. The number of carbonyl (C=O) groups is 1. The number of aromatic nitrogens is 1. The van der Waals surface area contributed by atoms with Crippen molar-refractivity contribution in [1.82, 2.24) is 5.16 Å². The zero-order valence-corrected chi connectivity index (χ0v) is 18.2. The zero-order chi connectivity index (χ0) is 22.5. The van der Waals surface area contributed by atoms with Crippen LogP contribution in [0.25, 0.3) is 22.2 Å². The molecule has 4 aromatic rings. The van der Waals surface area contributed by atoms with Crippen molar-refractivity contribution < 1.29 is 23.9 Å². The molecule has 0 aliphatic carbocycles. The van der Waals surface area contributed by atoms with Crippen LogP contribution < -0.4 is 9.47 Å². The van der Waals surface area contributed by atoms with E-state index in [1.165, 1.54) is 0 Å². The molecule has 0 saturated carbocycles. The highest BCUT2D eigenvalue weighted by molar-refractivity contribution is 6.30. The second-order valence-electron chi connectivity index (χ2n) is 8.20. The second kappa shape index (κ2) is 7.57. The molecule has 1 aliphatic heterocycles. The summed E-state index contributed by atoms with van der Waals surface area (Å²) in [6.45, 7) is 3.70. The van der Waals surface area contributed by atoms with Gasteiger partial charge in [-0.05, 0) is 42.5 Å². The number of hydrogen-bond donors (Lipinski definition) is 1. The van der Waals surface area contributed by atoms with Gasteiger partial charge < -0.3 is 19.1 Å². The molecule has 1 aliphatic rings. The molecule has 0 radical (unpaired) electrons. The van der Waals surface area contributed by atoms with E-state index in [2.05, 4.69) is 5.16 Å². The van der Waals surface area contributed by atoms with Crippen molar-refractivity contribution in [3.05, 3.63) is 71.2 Å². The molecule has 6 nitrogen and oxygen atoms in total. The van der Waals surface area contributed by atoms with Crippen molar-refractivity contribution in [2.75, 3.05) is 0 Å². The van der Waals surface area contributed by atoms with Crippen LogP contribution in [0.1, 0.15) is 19.4 Å². The lowest BCUT2D eigenvalue weighted by atomic mass is 9.86. The lowest BCUT2D eigenvalue weighted by Gasteiger charge is -2.27. The number of fused-ring (bicyclic) bond motifs is 2. The van der Waals surface area contributed by atoms with Gasteiger partial charge in [0.05, 0.1) is 0 Å². The van der Waals surface area contributed by atoms with Crippen LogP contribution in [-0.2, 0) is 11.2 Å². The molecular weight excluding hydrogens is 430 g/mol. The number of rotatable bonds is 5. The van der Waals surface area contributed by atoms with Crippen LogP contribution in [0.4, 0.5) is 0 Å². The predicted octanol–water partition coefficient (Wildman–Crippen LogP) is 6.35. The van der Waals surface area contributed by atoms with Gasteiger partial charge in [-0.1, -0.05) is 42.7 Å². The molecule has 3 aromatic carbocycles. The van der Waals surface area contributed by atoms with E-state index in [4.69, 9.17) is 25.6 Å². The van der Waals surface area contributed by atoms with Gasteiger partial charge >= 0.3 is 5.97 Å². The van der Waals surface area contributed by atoms with Gasteiger partial charge in [0.25, 0.3) is 0 Å². The molecule has 7 heteroatoms. The molecule has 1 unspecified atom stereocenters. The maximum atomic E-state index is 11.9. The van der Waals surface area contributed by atoms with Gasteiger partial charge in [0, 0.05) is 39.9 Å². The Morgan fingerprint density at radius 2 is 1.81 bits per heavy atom. The topological polar surface area (TPSA) is 81.8 Å². The van der Waals surface area contributed by atoms with Gasteiger partial charge in [0.15, 0.2) is 5.58 Å². The maximum absolute atomic E-state index is 11.9. The molecule has 162 valence electrons. The molecule has 2 heterocycles. The quantitative estimate of drug-likeness (QED) is 0.382. The monoisotopic (exact) mass is 449 g/mol. The van der Waals surface area contributed by atoms with Crippen molar-refractivity contribution in [3.8, 4) is 28.5 Å². The van der Waals surface area contributed by atoms with Gasteiger partial charge in [-0.3, -0.25) is 0 Å². The van der Waals surface area contributed by atoms with E-state index in [9.17, 15) is 9.90 Å². The molecule has 1 aromatic heterocycles. The van der Waals surface area contributed by atoms with Crippen molar-refractivity contribution in [2.24, 2.45) is 5.92 Å². The Morgan fingerprint density at radius 1 is 1.09 bits per heavy atom. The fourth-order valence-corrected chi connectivity index (χ4v) is 4.12. The van der Waals surface area contributed by atoms with Gasteiger partial charge in [0.2, 0.25) is 5.60 Å². The highest BCUT2D eigenvalue weighted by Gasteiger charge is 2.49. The van der Waals surface area contributed by atoms with Crippen LogP contribution >= 0.6 is 11.6 Å². The Bertz CT molecular complexity index is 1330. The summed E-state index contributed by atoms with van der Waals surface area (Å²) in [6.07, 6.45) is 0.290. The smallest absolute Gasteiger partial charge is 0.348 e. The van der Waals surface area contributed by atoms with E-state index < -0.39 is 11.6 Å². The molecule has 0 spiro atoms. The number of ether oxygens (including phenoxy) is 2. The van der Waals surface area contributed by atoms with Gasteiger partial charge in [-0.2, -0.15) is 0 Å². The number of nitrogens with zero attached hydrogens (tertiary/aromatic N) is 1. The third-order valence-corrected chi connectivity index (χ3v) is 6.12. The van der Waals surface area contributed by atoms with Gasteiger partial charge in [-0.25, -0.2) is 4.79 Å². The fraction of sp³-hybridized carbons (Fsp3) is 0.200. The number of benzene rings is 3. The minimum atomic E-state index is -1.25. The van der Waals surface area contributed by atoms with E-state index >= 15 is 0 Å². The van der Waals surface area contributed by atoms with Crippen LogP contribution in [-0.4, -0.2) is 21.8 Å². The van der Waals surface area contributed by atoms with Gasteiger partial charge in [0.1, 0.15) is 22.9 Å². The van der Waals surface area contributed by atoms with E-state index in [1.807, 2.05) is 56.3 Å². The van der Waals surface area contributed by atoms with Crippen molar-refractivity contribution in [3.63, 3.8) is 0 Å². The Balaban J connectivity index is 1.40. The maximum Gasteiger partial charge on any atom is 0.348 e. The Morgan fingerprint density at radius 3 is 2.53 bits per heavy atom. The zero-order valence-electron chi connectivity index (χ0n) is 17.5. The third kappa shape index (κ3) is 3.37. The molecule has 1 N–H and O–H groups in total. The standard InChI is InChI=1S/C25H20ClNO5/c1-14(2)25(24(28)29)13-16-11-18(8-10-21(16)31-25)30-19-7-9-20-22(12-19)32-27-23(20)15-3-5-17(26)6-4-15/h3-12,14H,13H2,1-2H3,(H,28,29). The van der Waals surface area contributed by atoms with E-state index in [-0.39, 0.29) is 12.3 Å². The average molecular weight is 450 g/mol. The SMILES string of the molecule is CC(C)C1(C(=O)O)Cc2cc(Oc3ccc4c(-c5ccc(Cl)cc5)noc4c3)ccc2O1. The fourth-order valence-electron chi connectivity index (χ4n) is 3.99. The summed E-state index contributed by atoms with van der Waals surface area (Å²) in [4.78, 5) is 11.9. The van der Waals surface area contributed by atoms with Gasteiger partial charge in [-0.15, -0.1) is 0 Å². The molecule has 32 heavy (non-hydrogen) atoms. The molecule has 1 atom stereocenters. The Hall–Kier alpha value is -3.51. The van der Waals surface area contributed by atoms with Crippen LogP contribution in [0.2, 0.25) is 5.02 Å². The average Bonchev–Trinajstić information content (AvgIpc) is 3.36. The second-order valence-corrected chi connectivity index (χ2v) is 8.63. The largest absolute Gasteiger partial charge is 0.478 e. The third-order valence-electron chi connectivity index (χ3n) is 5.87. The van der Waals surface area contributed by atoms with E-state index in [1.54, 1.807) is 18.2 Å². The molecular formula is C25H20ClNO5. The first kappa shape index (κ1) is 20.4. The van der Waals surface area contributed by atoms with E-state index in [0.717, 1.165) is 22.2 Å². The van der Waals surface area contributed by atoms with Crippen molar-refractivity contribution in [1.29, 1.82) is 0 Å². The normalized spacial score (nSPS) is 17.4. The summed E-state index contributed by atoms with van der Waals surface area (Å²) >= 11 is 5.97. The van der Waals surface area contributed by atoms with E-state index in [0.29, 0.717) is 27.9 Å². The number of carboxylic acids is 1. The van der Waals surface area contributed by atoms with Crippen LogP contribution in [0.15, 0.2) is 65.2 Å². The summed E-state index contributed by atoms with van der Waals surface area (Å²) in [7, 11) is 0. The minimum absolute atomic E-state index is 0.180. The summed E-state index contributed by atoms with van der Waals surface area (Å²) in [5, 5.41) is 15.4. The number of carboxylic acid groups (broad SMARTS) is 1. The Kier molecular flexibility index (Phi) is 4.82. The summed E-state index contributed by atoms with van der Waals surface area (Å²) in [6, 6.07) is 18.3. The Labute approximate surface area is 189 Å². The summed E-state index contributed by atoms with van der Waals surface area (Å²) in [5.74, 6) is 0.614. The highest BCUT2D eigenvalue weighted by atomic mass is 35.5. The molecule has 0 fully saturated rings. The van der Waals surface area contributed by atoms with Crippen molar-refractivity contribution >= 4 is 28.5 Å². The first-order valence-electron chi connectivity index (χ1n) is 10.2. The van der Waals surface area contributed by atoms with Crippen molar-refractivity contribution in [2.45, 2.75) is 25.9 Å². The predicted molar refractivity (Wildman–Crippen MR) is 121 cm³/mol. The molecule has 0 saturated heterocycles. The first-order chi connectivity index (χ1) is 15.4. The highest BCUT2D eigenvalue weighted by Crippen LogP contribution is 2.42. The number of aliphatic carboxylic acids is 1. The van der Waals surface area contributed by atoms with Crippen LogP contribution in [0.3, 0.4) is 0 Å². The molecule has 0 amide bonds. The minimum Gasteiger partial charge on any atom is -0.478 e. The van der Waals surface area contributed by atoms with Crippen LogP contribution in [0.5, 0.6) is 17.2 Å². The summed E-state index contributed by atoms with van der Waals surface area (Å²) in [5.41, 5.74) is 1.80. The molecule has 5 rings (SSSR count). The van der Waals surface area contributed by atoms with Crippen LogP contribution in [0, 0.1) is 5.92 Å². The lowest BCUT2D eigenvalue weighted by molar-refractivity contribution is -0.157. The summed E-state index contributed by atoms with van der Waals surface area (Å²) < 4.78 is 17.4.